The van der Waals surface area contributed by atoms with Crippen LogP contribution in [0.1, 0.15) is 63.5 Å². The highest BCUT2D eigenvalue weighted by molar-refractivity contribution is 5.93. The van der Waals surface area contributed by atoms with E-state index in [1.54, 1.807) is 7.11 Å². The summed E-state index contributed by atoms with van der Waals surface area (Å²) in [5, 5.41) is 0. The van der Waals surface area contributed by atoms with Gasteiger partial charge in [-0.15, -0.1) is 0 Å². The highest BCUT2D eigenvalue weighted by atomic mass is 16.6. The molecule has 0 aromatic heterocycles. The van der Waals surface area contributed by atoms with E-state index in [0.717, 1.165) is 25.7 Å². The first-order valence-corrected chi connectivity index (χ1v) is 10.4. The lowest BCUT2D eigenvalue weighted by molar-refractivity contribution is -0.153. The van der Waals surface area contributed by atoms with Gasteiger partial charge in [0.1, 0.15) is 0 Å². The first kappa shape index (κ1) is 19.9. The van der Waals surface area contributed by atoms with E-state index in [1.165, 1.54) is 25.0 Å². The van der Waals surface area contributed by atoms with Crippen LogP contribution < -0.4 is 9.47 Å². The Morgan fingerprint density at radius 2 is 1.86 bits per heavy atom. The van der Waals surface area contributed by atoms with Crippen LogP contribution in [0.25, 0.3) is 0 Å². The van der Waals surface area contributed by atoms with Crippen LogP contribution in [-0.2, 0) is 25.5 Å². The molecule has 29 heavy (non-hydrogen) atoms. The summed E-state index contributed by atoms with van der Waals surface area (Å²) in [5.41, 5.74) is 2.01. The number of ether oxygens (including phenoxy) is 3. The fraction of sp³-hybridized carbons (Fsp3) is 0.609. The lowest BCUT2D eigenvalue weighted by Gasteiger charge is -2.48. The predicted molar refractivity (Wildman–Crippen MR) is 105 cm³/mol. The minimum absolute atomic E-state index is 0.0877. The molecular weight excluding hydrogens is 372 g/mol. The molecule has 0 aliphatic heterocycles. The number of rotatable bonds is 3. The second kappa shape index (κ2) is 7.15. The van der Waals surface area contributed by atoms with Gasteiger partial charge in [0.2, 0.25) is 0 Å². The third-order valence-corrected chi connectivity index (χ3v) is 7.28. The van der Waals surface area contributed by atoms with Crippen molar-refractivity contribution < 1.29 is 28.6 Å². The van der Waals surface area contributed by atoms with Crippen molar-refractivity contribution in [1.29, 1.82) is 0 Å². The number of aryl methyl sites for hydroxylation is 1. The summed E-state index contributed by atoms with van der Waals surface area (Å²) in [5.74, 6) is 1.27. The second-order valence-electron chi connectivity index (χ2n) is 8.87. The van der Waals surface area contributed by atoms with Crippen LogP contribution >= 0.6 is 0 Å². The molecule has 0 amide bonds. The summed E-state index contributed by atoms with van der Waals surface area (Å²) in [7, 11) is 1.58. The van der Waals surface area contributed by atoms with Gasteiger partial charge in [-0.25, -0.2) is 0 Å². The Kier molecular flexibility index (Phi) is 4.91. The van der Waals surface area contributed by atoms with Gasteiger partial charge in [-0.1, -0.05) is 6.92 Å². The molecule has 4 rings (SSSR count). The summed E-state index contributed by atoms with van der Waals surface area (Å²) in [6.07, 6.45) is 3.57. The molecule has 0 heterocycles. The fourth-order valence-corrected chi connectivity index (χ4v) is 6.04. The van der Waals surface area contributed by atoms with Crippen molar-refractivity contribution in [2.75, 3.05) is 7.11 Å². The number of hydrogen-bond donors (Lipinski definition) is 0. The molecule has 0 radical (unpaired) electrons. The third-order valence-electron chi connectivity index (χ3n) is 7.28. The molecular formula is C23H28O6. The monoisotopic (exact) mass is 400 g/mol. The number of methoxy groups -OCH3 is 1. The van der Waals surface area contributed by atoms with Crippen molar-refractivity contribution in [3.8, 4) is 11.5 Å². The number of carbonyl (C=O) groups is 3. The summed E-state index contributed by atoms with van der Waals surface area (Å²) in [4.78, 5) is 35.9. The first-order chi connectivity index (χ1) is 13.7. The van der Waals surface area contributed by atoms with Crippen molar-refractivity contribution in [3.05, 3.63) is 23.3 Å². The molecule has 0 bridgehead atoms. The largest absolute Gasteiger partial charge is 0.493 e. The number of Topliss-reactive ketones (excluding diaryl/α,β-unsaturated/α-hetero) is 1. The Morgan fingerprint density at radius 1 is 1.10 bits per heavy atom. The van der Waals surface area contributed by atoms with Gasteiger partial charge in [-0.2, -0.15) is 0 Å². The van der Waals surface area contributed by atoms with Crippen LogP contribution in [0, 0.1) is 17.3 Å². The van der Waals surface area contributed by atoms with Gasteiger partial charge in [0.25, 0.3) is 0 Å². The van der Waals surface area contributed by atoms with Crippen LogP contribution in [0.2, 0.25) is 0 Å². The Balaban J connectivity index is 1.66. The SMILES string of the molecule is COc1cc2c(cc1OC(C)=O)CCC1C2CCC2(C)C(=O)C(OC(C)=O)CC12. The van der Waals surface area contributed by atoms with E-state index in [4.69, 9.17) is 14.2 Å². The Hall–Kier alpha value is -2.37. The Labute approximate surface area is 170 Å². The average molecular weight is 400 g/mol. The Bertz CT molecular complexity index is 874. The topological polar surface area (TPSA) is 78.9 Å². The average Bonchev–Trinajstić information content (AvgIpc) is 2.91. The molecule has 5 unspecified atom stereocenters. The van der Waals surface area contributed by atoms with E-state index in [2.05, 4.69) is 6.92 Å². The van der Waals surface area contributed by atoms with Crippen molar-refractivity contribution in [2.45, 2.75) is 64.9 Å². The number of fused-ring (bicyclic) bond motifs is 5. The number of carbonyl (C=O) groups excluding carboxylic acids is 3. The summed E-state index contributed by atoms with van der Waals surface area (Å²) in [6, 6.07) is 3.94. The summed E-state index contributed by atoms with van der Waals surface area (Å²) < 4.78 is 16.2. The number of benzene rings is 1. The van der Waals surface area contributed by atoms with Gasteiger partial charge in [-0.05, 0) is 73.1 Å². The highest BCUT2D eigenvalue weighted by Gasteiger charge is 2.59. The zero-order chi connectivity index (χ0) is 20.9. The molecule has 2 saturated carbocycles. The van der Waals surface area contributed by atoms with Gasteiger partial charge in [-0.3, -0.25) is 14.4 Å². The summed E-state index contributed by atoms with van der Waals surface area (Å²) >= 11 is 0. The van der Waals surface area contributed by atoms with Crippen LogP contribution in [-0.4, -0.2) is 30.9 Å². The molecule has 3 aliphatic carbocycles. The smallest absolute Gasteiger partial charge is 0.308 e. The summed E-state index contributed by atoms with van der Waals surface area (Å²) in [6.45, 7) is 4.80. The van der Waals surface area contributed by atoms with Crippen molar-refractivity contribution in [3.63, 3.8) is 0 Å². The normalized spacial score (nSPS) is 32.6. The van der Waals surface area contributed by atoms with Crippen LogP contribution in [0.5, 0.6) is 11.5 Å². The molecule has 1 aromatic carbocycles. The van der Waals surface area contributed by atoms with Gasteiger partial charge in [0.15, 0.2) is 23.4 Å². The molecule has 0 N–H and O–H groups in total. The fourth-order valence-electron chi connectivity index (χ4n) is 6.04. The maximum atomic E-state index is 13.0. The lowest BCUT2D eigenvalue weighted by Crippen LogP contribution is -2.43. The van der Waals surface area contributed by atoms with Crippen molar-refractivity contribution in [2.24, 2.45) is 17.3 Å². The first-order valence-electron chi connectivity index (χ1n) is 10.4. The zero-order valence-corrected chi connectivity index (χ0v) is 17.4. The molecule has 3 aliphatic rings. The maximum absolute atomic E-state index is 13.0. The highest BCUT2D eigenvalue weighted by Crippen LogP contribution is 2.60. The molecule has 6 nitrogen and oxygen atoms in total. The van der Waals surface area contributed by atoms with E-state index < -0.39 is 11.5 Å². The van der Waals surface area contributed by atoms with E-state index >= 15 is 0 Å². The zero-order valence-electron chi connectivity index (χ0n) is 17.4. The molecule has 6 heteroatoms. The van der Waals surface area contributed by atoms with E-state index in [9.17, 15) is 14.4 Å². The number of ketones is 1. The van der Waals surface area contributed by atoms with Crippen LogP contribution in [0.3, 0.4) is 0 Å². The minimum Gasteiger partial charge on any atom is -0.493 e. The van der Waals surface area contributed by atoms with Gasteiger partial charge < -0.3 is 14.2 Å². The van der Waals surface area contributed by atoms with Gasteiger partial charge >= 0.3 is 11.9 Å². The Morgan fingerprint density at radius 3 is 2.52 bits per heavy atom. The lowest BCUT2D eigenvalue weighted by atomic mass is 9.55. The van der Waals surface area contributed by atoms with Crippen LogP contribution in [0.4, 0.5) is 0 Å². The molecule has 156 valence electrons. The van der Waals surface area contributed by atoms with Gasteiger partial charge in [0.05, 0.1) is 7.11 Å². The van der Waals surface area contributed by atoms with Crippen molar-refractivity contribution in [1.82, 2.24) is 0 Å². The molecule has 5 atom stereocenters. The van der Waals surface area contributed by atoms with Crippen LogP contribution in [0.15, 0.2) is 12.1 Å². The second-order valence-corrected chi connectivity index (χ2v) is 8.87. The van der Waals surface area contributed by atoms with Crippen molar-refractivity contribution >= 4 is 17.7 Å². The molecule has 0 saturated heterocycles. The quantitative estimate of drug-likeness (QED) is 0.570. The third kappa shape index (κ3) is 3.22. The van der Waals surface area contributed by atoms with Gasteiger partial charge in [0, 0.05) is 19.3 Å². The standard InChI is InChI=1S/C23H28O6/c1-12(24)28-20-9-14-5-6-16-15(17(14)10-19(20)27-4)7-8-23(3)18(16)11-21(22(23)26)29-13(2)25/h9-10,15-16,18,21H,5-8,11H2,1-4H3. The van der Waals surface area contributed by atoms with E-state index in [1.807, 2.05) is 12.1 Å². The predicted octanol–water partition coefficient (Wildman–Crippen LogP) is 3.59. The number of hydrogen-bond acceptors (Lipinski definition) is 6. The minimum atomic E-state index is -0.608. The van der Waals surface area contributed by atoms with E-state index in [0.29, 0.717) is 29.8 Å². The maximum Gasteiger partial charge on any atom is 0.308 e. The molecule has 0 spiro atoms. The number of esters is 2. The van der Waals surface area contributed by atoms with E-state index in [-0.39, 0.29) is 23.6 Å². The molecule has 2 fully saturated rings. The molecule has 1 aromatic rings.